The number of rotatable bonds is 3. The quantitative estimate of drug-likeness (QED) is 0.930. The third-order valence-electron chi connectivity index (χ3n) is 3.36. The second kappa shape index (κ2) is 4.31. The molecule has 2 aliphatic rings. The summed E-state index contributed by atoms with van der Waals surface area (Å²) in [4.78, 5) is 0. The summed E-state index contributed by atoms with van der Waals surface area (Å²) >= 11 is 3.49. The molecule has 0 aromatic heterocycles. The van der Waals surface area contributed by atoms with Gasteiger partial charge in [-0.1, -0.05) is 0 Å². The minimum Gasteiger partial charge on any atom is -0.495 e. The molecule has 0 saturated heterocycles. The Morgan fingerprint density at radius 1 is 1.39 bits per heavy atom. The van der Waals surface area contributed by atoms with Gasteiger partial charge in [-0.05, 0) is 34.8 Å². The van der Waals surface area contributed by atoms with E-state index in [1.165, 1.54) is 0 Å². The van der Waals surface area contributed by atoms with Crippen LogP contribution in [-0.4, -0.2) is 31.0 Å². The fraction of sp³-hybridized carbons (Fsp3) is 0.538. The first-order chi connectivity index (χ1) is 8.63. The Bertz CT molecular complexity index is 482. The van der Waals surface area contributed by atoms with Gasteiger partial charge in [-0.3, -0.25) is 0 Å². The molecular weight excluding hydrogens is 300 g/mol. The van der Waals surface area contributed by atoms with Crippen LogP contribution in [0.3, 0.4) is 0 Å². The van der Waals surface area contributed by atoms with Gasteiger partial charge in [-0.25, -0.2) is 0 Å². The van der Waals surface area contributed by atoms with E-state index in [1.54, 1.807) is 7.11 Å². The first kappa shape index (κ1) is 12.1. The predicted octanol–water partition coefficient (Wildman–Crippen LogP) is 2.30. The Labute approximate surface area is 114 Å². The van der Waals surface area contributed by atoms with E-state index in [4.69, 9.17) is 14.2 Å². The maximum absolute atomic E-state index is 10.1. The number of halogens is 1. The number of benzene rings is 1. The Hall–Kier alpha value is -0.940. The average Bonchev–Trinajstić information content (AvgIpc) is 3.07. The largest absolute Gasteiger partial charge is 0.495 e. The zero-order valence-electron chi connectivity index (χ0n) is 10.2. The lowest BCUT2D eigenvalue weighted by molar-refractivity contribution is 0.148. The molecule has 0 radical (unpaired) electrons. The molecule has 1 aromatic rings. The van der Waals surface area contributed by atoms with Crippen molar-refractivity contribution < 1.29 is 19.3 Å². The molecule has 98 valence electrons. The van der Waals surface area contributed by atoms with Crippen LogP contribution in [0.5, 0.6) is 17.2 Å². The van der Waals surface area contributed by atoms with Crippen molar-refractivity contribution in [3.05, 3.63) is 16.1 Å². The van der Waals surface area contributed by atoms with Gasteiger partial charge < -0.3 is 19.3 Å². The normalized spacial score (nSPS) is 19.5. The topological polar surface area (TPSA) is 47.9 Å². The molecule has 3 rings (SSSR count). The predicted molar refractivity (Wildman–Crippen MR) is 69.6 cm³/mol. The van der Waals surface area contributed by atoms with Crippen LogP contribution in [0.4, 0.5) is 0 Å². The van der Waals surface area contributed by atoms with Gasteiger partial charge in [-0.2, -0.15) is 0 Å². The summed E-state index contributed by atoms with van der Waals surface area (Å²) in [6.07, 6.45) is 2.29. The van der Waals surface area contributed by atoms with E-state index in [-0.39, 0.29) is 0 Å². The molecule has 5 heteroatoms. The molecule has 1 aromatic carbocycles. The van der Waals surface area contributed by atoms with Gasteiger partial charge in [0.1, 0.15) is 23.4 Å². The average molecular weight is 315 g/mol. The van der Waals surface area contributed by atoms with Gasteiger partial charge >= 0.3 is 0 Å². The van der Waals surface area contributed by atoms with Crippen LogP contribution in [0.25, 0.3) is 0 Å². The summed E-state index contributed by atoms with van der Waals surface area (Å²) in [7, 11) is 1.62. The van der Waals surface area contributed by atoms with E-state index in [0.717, 1.165) is 28.6 Å². The molecule has 4 nitrogen and oxygen atoms in total. The Kier molecular flexibility index (Phi) is 2.90. The standard InChI is InChI=1S/C13H15BrO4/c1-16-11-8(7-13(15)2-3-13)6-9-12(10(11)14)18-5-4-17-9/h6,15H,2-5,7H2,1H3. The zero-order chi connectivity index (χ0) is 12.8. The summed E-state index contributed by atoms with van der Waals surface area (Å²) in [6.45, 7) is 1.09. The molecule has 1 saturated carbocycles. The van der Waals surface area contributed by atoms with Crippen molar-refractivity contribution in [3.8, 4) is 17.2 Å². The highest BCUT2D eigenvalue weighted by Crippen LogP contribution is 2.48. The zero-order valence-corrected chi connectivity index (χ0v) is 11.7. The number of aliphatic hydroxyl groups is 1. The lowest BCUT2D eigenvalue weighted by Crippen LogP contribution is -2.17. The lowest BCUT2D eigenvalue weighted by Gasteiger charge is -2.23. The van der Waals surface area contributed by atoms with Crippen molar-refractivity contribution in [2.75, 3.05) is 20.3 Å². The van der Waals surface area contributed by atoms with E-state index in [0.29, 0.717) is 31.1 Å². The van der Waals surface area contributed by atoms with E-state index < -0.39 is 5.60 Å². The van der Waals surface area contributed by atoms with Crippen LogP contribution in [0.1, 0.15) is 18.4 Å². The Morgan fingerprint density at radius 3 is 2.78 bits per heavy atom. The summed E-state index contributed by atoms with van der Waals surface area (Å²) in [5.41, 5.74) is 0.393. The number of hydrogen-bond acceptors (Lipinski definition) is 4. The van der Waals surface area contributed by atoms with Gasteiger partial charge in [-0.15, -0.1) is 0 Å². The van der Waals surface area contributed by atoms with Crippen molar-refractivity contribution >= 4 is 15.9 Å². The van der Waals surface area contributed by atoms with E-state index in [1.807, 2.05) is 6.07 Å². The molecule has 0 atom stereocenters. The summed E-state index contributed by atoms with van der Waals surface area (Å²) in [6, 6.07) is 1.91. The van der Waals surface area contributed by atoms with Crippen molar-refractivity contribution in [1.82, 2.24) is 0 Å². The summed E-state index contributed by atoms with van der Waals surface area (Å²) in [5.74, 6) is 2.12. The molecule has 0 unspecified atom stereocenters. The van der Waals surface area contributed by atoms with Crippen LogP contribution in [0.15, 0.2) is 10.5 Å². The minimum absolute atomic E-state index is 0.540. The smallest absolute Gasteiger partial charge is 0.179 e. The minimum atomic E-state index is -0.559. The van der Waals surface area contributed by atoms with Gasteiger partial charge in [0, 0.05) is 12.0 Å². The fourth-order valence-corrected chi connectivity index (χ4v) is 2.93. The third kappa shape index (κ3) is 2.06. The molecule has 1 N–H and O–H groups in total. The molecular formula is C13H15BrO4. The van der Waals surface area contributed by atoms with Crippen molar-refractivity contribution in [3.63, 3.8) is 0 Å². The van der Waals surface area contributed by atoms with Crippen molar-refractivity contribution in [2.24, 2.45) is 0 Å². The fourth-order valence-electron chi connectivity index (χ4n) is 2.21. The third-order valence-corrected chi connectivity index (χ3v) is 4.08. The van der Waals surface area contributed by atoms with E-state index >= 15 is 0 Å². The highest BCUT2D eigenvalue weighted by molar-refractivity contribution is 9.10. The first-order valence-corrected chi connectivity index (χ1v) is 6.80. The van der Waals surface area contributed by atoms with Crippen LogP contribution < -0.4 is 14.2 Å². The van der Waals surface area contributed by atoms with Crippen LogP contribution in [-0.2, 0) is 6.42 Å². The summed E-state index contributed by atoms with van der Waals surface area (Å²) < 4.78 is 17.4. The number of fused-ring (bicyclic) bond motifs is 1. The second-order valence-electron chi connectivity index (χ2n) is 4.81. The second-order valence-corrected chi connectivity index (χ2v) is 5.60. The molecule has 0 spiro atoms. The van der Waals surface area contributed by atoms with Gasteiger partial charge in [0.15, 0.2) is 11.5 Å². The highest BCUT2D eigenvalue weighted by Gasteiger charge is 2.41. The first-order valence-electron chi connectivity index (χ1n) is 6.00. The maximum atomic E-state index is 10.1. The molecule has 0 amide bonds. The molecule has 18 heavy (non-hydrogen) atoms. The SMILES string of the molecule is COc1c(CC2(O)CC2)cc2c(c1Br)OCCO2. The Morgan fingerprint density at radius 2 is 2.11 bits per heavy atom. The van der Waals surface area contributed by atoms with Crippen LogP contribution in [0, 0.1) is 0 Å². The van der Waals surface area contributed by atoms with Gasteiger partial charge in [0.25, 0.3) is 0 Å². The van der Waals surface area contributed by atoms with Gasteiger partial charge in [0.05, 0.1) is 12.7 Å². The molecule has 1 heterocycles. The van der Waals surface area contributed by atoms with Gasteiger partial charge in [0.2, 0.25) is 0 Å². The van der Waals surface area contributed by atoms with Crippen molar-refractivity contribution in [2.45, 2.75) is 24.9 Å². The molecule has 0 bridgehead atoms. The number of hydrogen-bond donors (Lipinski definition) is 1. The van der Waals surface area contributed by atoms with E-state index in [9.17, 15) is 5.11 Å². The Balaban J connectivity index is 2.03. The van der Waals surface area contributed by atoms with Crippen LogP contribution in [0.2, 0.25) is 0 Å². The monoisotopic (exact) mass is 314 g/mol. The molecule has 1 aliphatic carbocycles. The summed E-state index contributed by atoms with van der Waals surface area (Å²) in [5, 5.41) is 10.1. The van der Waals surface area contributed by atoms with Crippen molar-refractivity contribution in [1.29, 1.82) is 0 Å². The molecule has 1 fully saturated rings. The molecule has 1 aliphatic heterocycles. The number of ether oxygens (including phenoxy) is 3. The highest BCUT2D eigenvalue weighted by atomic mass is 79.9. The lowest BCUT2D eigenvalue weighted by atomic mass is 10.0. The number of methoxy groups -OCH3 is 1. The maximum Gasteiger partial charge on any atom is 0.179 e. The van der Waals surface area contributed by atoms with Crippen LogP contribution >= 0.6 is 15.9 Å². The van der Waals surface area contributed by atoms with E-state index in [2.05, 4.69) is 15.9 Å².